The Kier molecular flexibility index (Phi) is 10.3. The van der Waals surface area contributed by atoms with Crippen molar-refractivity contribution in [3.05, 3.63) is 95.1 Å². The van der Waals surface area contributed by atoms with Gasteiger partial charge in [-0.25, -0.2) is 4.79 Å². The van der Waals surface area contributed by atoms with Gasteiger partial charge in [-0.05, 0) is 95.5 Å². The molecule has 3 aromatic rings. The molecule has 43 heavy (non-hydrogen) atoms. The van der Waals surface area contributed by atoms with Gasteiger partial charge in [-0.2, -0.15) is 0 Å². The van der Waals surface area contributed by atoms with Gasteiger partial charge in [-0.3, -0.25) is 9.59 Å². The molecule has 0 bridgehead atoms. The van der Waals surface area contributed by atoms with Crippen molar-refractivity contribution < 1.29 is 24.2 Å². The SMILES string of the molecule is C#Cc1ccc(C(C(=O)Nc2ccccc2C)N(C(=O)C(Cc2ccc(O)cc2)NC(=O)OC(C)(C)C)C(C)(C)C)cc1. The van der Waals surface area contributed by atoms with Crippen molar-refractivity contribution in [3.8, 4) is 18.1 Å². The van der Waals surface area contributed by atoms with E-state index in [-0.39, 0.29) is 12.2 Å². The van der Waals surface area contributed by atoms with Crippen LogP contribution in [0.15, 0.2) is 72.8 Å². The Balaban J connectivity index is 2.12. The number of aromatic hydroxyl groups is 1. The van der Waals surface area contributed by atoms with Crippen LogP contribution in [-0.2, 0) is 20.7 Å². The van der Waals surface area contributed by atoms with E-state index in [1.165, 1.54) is 17.0 Å². The Labute approximate surface area is 254 Å². The number of hydrogen-bond acceptors (Lipinski definition) is 5. The summed E-state index contributed by atoms with van der Waals surface area (Å²) in [6, 6.07) is 18.5. The van der Waals surface area contributed by atoms with Crippen LogP contribution in [0, 0.1) is 19.3 Å². The maximum Gasteiger partial charge on any atom is 0.408 e. The van der Waals surface area contributed by atoms with E-state index >= 15 is 0 Å². The summed E-state index contributed by atoms with van der Waals surface area (Å²) >= 11 is 0. The van der Waals surface area contributed by atoms with Crippen LogP contribution in [0.5, 0.6) is 5.75 Å². The van der Waals surface area contributed by atoms with Crippen molar-refractivity contribution in [3.63, 3.8) is 0 Å². The topological polar surface area (TPSA) is 108 Å². The third-order valence-corrected chi connectivity index (χ3v) is 6.63. The number of benzene rings is 3. The monoisotopic (exact) mass is 583 g/mol. The number of phenols is 1. The first kappa shape index (κ1) is 32.7. The van der Waals surface area contributed by atoms with Gasteiger partial charge >= 0.3 is 6.09 Å². The molecule has 0 radical (unpaired) electrons. The molecule has 0 aliphatic rings. The largest absolute Gasteiger partial charge is 0.508 e. The number of para-hydroxylation sites is 1. The van der Waals surface area contributed by atoms with Crippen molar-refractivity contribution in [2.24, 2.45) is 0 Å². The van der Waals surface area contributed by atoms with Gasteiger partial charge in [0.1, 0.15) is 23.4 Å². The highest BCUT2D eigenvalue weighted by molar-refractivity contribution is 5.99. The fourth-order valence-electron chi connectivity index (χ4n) is 4.62. The number of nitrogens with zero attached hydrogens (tertiary/aromatic N) is 1. The summed E-state index contributed by atoms with van der Waals surface area (Å²) in [6.07, 6.45) is 4.91. The number of hydrogen-bond donors (Lipinski definition) is 3. The van der Waals surface area contributed by atoms with E-state index in [2.05, 4.69) is 16.6 Å². The zero-order chi connectivity index (χ0) is 31.9. The number of phenolic OH excluding ortho intramolecular Hbond substituents is 1. The Morgan fingerprint density at radius 3 is 2.07 bits per heavy atom. The number of aryl methyl sites for hydroxylation is 1. The van der Waals surface area contributed by atoms with E-state index in [1.54, 1.807) is 63.2 Å². The van der Waals surface area contributed by atoms with Crippen LogP contribution >= 0.6 is 0 Å². The molecule has 0 spiro atoms. The highest BCUT2D eigenvalue weighted by atomic mass is 16.6. The van der Waals surface area contributed by atoms with E-state index in [9.17, 15) is 19.5 Å². The summed E-state index contributed by atoms with van der Waals surface area (Å²) in [5, 5.41) is 15.5. The number of carbonyl (C=O) groups excluding carboxylic acids is 3. The predicted octanol–water partition coefficient (Wildman–Crippen LogP) is 6.12. The molecule has 3 N–H and O–H groups in total. The van der Waals surface area contributed by atoms with Crippen LogP contribution < -0.4 is 10.6 Å². The van der Waals surface area contributed by atoms with Crippen molar-refractivity contribution in [2.45, 2.75) is 78.1 Å². The molecular formula is C35H41N3O5. The minimum absolute atomic E-state index is 0.0754. The molecule has 226 valence electrons. The molecule has 3 aromatic carbocycles. The molecule has 0 saturated carbocycles. The second-order valence-corrected chi connectivity index (χ2v) is 12.4. The molecule has 8 heteroatoms. The van der Waals surface area contributed by atoms with Gasteiger partial charge in [0.25, 0.3) is 5.91 Å². The first-order chi connectivity index (χ1) is 20.1. The average molecular weight is 584 g/mol. The minimum Gasteiger partial charge on any atom is -0.508 e. The van der Waals surface area contributed by atoms with Crippen LogP contribution in [-0.4, -0.2) is 45.1 Å². The van der Waals surface area contributed by atoms with Gasteiger partial charge in [0.2, 0.25) is 5.91 Å². The van der Waals surface area contributed by atoms with Gasteiger partial charge in [0.05, 0.1) is 0 Å². The third-order valence-electron chi connectivity index (χ3n) is 6.63. The summed E-state index contributed by atoms with van der Waals surface area (Å²) in [7, 11) is 0. The number of alkyl carbamates (subject to hydrolysis) is 1. The number of amides is 3. The number of rotatable bonds is 8. The van der Waals surface area contributed by atoms with Gasteiger partial charge < -0.3 is 25.4 Å². The quantitative estimate of drug-likeness (QED) is 0.277. The Hall–Kier alpha value is -4.77. The van der Waals surface area contributed by atoms with Gasteiger partial charge in [0, 0.05) is 23.2 Å². The van der Waals surface area contributed by atoms with Crippen LogP contribution in [0.3, 0.4) is 0 Å². The van der Waals surface area contributed by atoms with Gasteiger partial charge in [0.15, 0.2) is 0 Å². The lowest BCUT2D eigenvalue weighted by atomic mass is 9.93. The molecular weight excluding hydrogens is 542 g/mol. The molecule has 2 atom stereocenters. The lowest BCUT2D eigenvalue weighted by Gasteiger charge is -2.43. The molecule has 8 nitrogen and oxygen atoms in total. The fourth-order valence-corrected chi connectivity index (χ4v) is 4.62. The fraction of sp³-hybridized carbons (Fsp3) is 0.343. The average Bonchev–Trinajstić information content (AvgIpc) is 2.91. The Morgan fingerprint density at radius 1 is 0.930 bits per heavy atom. The Bertz CT molecular complexity index is 1480. The van der Waals surface area contributed by atoms with Crippen LogP contribution in [0.25, 0.3) is 0 Å². The maximum atomic E-state index is 14.6. The van der Waals surface area contributed by atoms with Gasteiger partial charge in [-0.1, -0.05) is 48.4 Å². The van der Waals surface area contributed by atoms with Crippen LogP contribution in [0.1, 0.15) is 69.8 Å². The molecule has 0 fully saturated rings. The minimum atomic E-state index is -1.10. The number of terminal acetylenes is 1. The standard InChI is InChI=1S/C35H41N3O5/c1-9-24-14-18-26(19-15-24)30(31(40)36-28-13-11-10-12-23(28)2)38(34(3,4)5)32(41)29(37-33(42)43-35(6,7)8)22-25-16-20-27(39)21-17-25/h1,10-21,29-30,39H,22H2,2-8H3,(H,36,40)(H,37,42). The van der Waals surface area contributed by atoms with Crippen molar-refractivity contribution in [2.75, 3.05) is 5.32 Å². The molecule has 3 rings (SSSR count). The summed E-state index contributed by atoms with van der Waals surface area (Å²) < 4.78 is 5.49. The molecule has 0 aliphatic heterocycles. The van der Waals surface area contributed by atoms with E-state index in [0.29, 0.717) is 22.4 Å². The van der Waals surface area contributed by atoms with Crippen LogP contribution in [0.2, 0.25) is 0 Å². The van der Waals surface area contributed by atoms with Crippen molar-refractivity contribution in [1.82, 2.24) is 10.2 Å². The molecule has 2 unspecified atom stereocenters. The smallest absolute Gasteiger partial charge is 0.408 e. The summed E-state index contributed by atoms with van der Waals surface area (Å²) in [5.74, 6) is 1.74. The molecule has 0 heterocycles. The first-order valence-corrected chi connectivity index (χ1v) is 14.1. The van der Waals surface area contributed by atoms with Crippen LogP contribution in [0.4, 0.5) is 10.5 Å². The first-order valence-electron chi connectivity index (χ1n) is 14.1. The normalized spacial score (nSPS) is 12.8. The number of carbonyl (C=O) groups is 3. The predicted molar refractivity (Wildman–Crippen MR) is 168 cm³/mol. The molecule has 0 aromatic heterocycles. The van der Waals surface area contributed by atoms with E-state index in [1.807, 2.05) is 45.9 Å². The van der Waals surface area contributed by atoms with Gasteiger partial charge in [-0.15, -0.1) is 6.42 Å². The van der Waals surface area contributed by atoms with E-state index in [0.717, 1.165) is 5.56 Å². The maximum absolute atomic E-state index is 14.6. The second kappa shape index (κ2) is 13.5. The number of nitrogens with one attached hydrogen (secondary N) is 2. The number of anilines is 1. The lowest BCUT2D eigenvalue weighted by Crippen LogP contribution is -2.58. The number of ether oxygens (including phenoxy) is 1. The van der Waals surface area contributed by atoms with Crippen molar-refractivity contribution >= 4 is 23.6 Å². The van der Waals surface area contributed by atoms with Crippen molar-refractivity contribution in [1.29, 1.82) is 0 Å². The Morgan fingerprint density at radius 2 is 1.53 bits per heavy atom. The molecule has 0 saturated heterocycles. The second-order valence-electron chi connectivity index (χ2n) is 12.4. The summed E-state index contributed by atoms with van der Waals surface area (Å²) in [4.78, 5) is 43.2. The summed E-state index contributed by atoms with van der Waals surface area (Å²) in [6.45, 7) is 12.6. The summed E-state index contributed by atoms with van der Waals surface area (Å²) in [5.41, 5.74) is 1.68. The highest BCUT2D eigenvalue weighted by Crippen LogP contribution is 2.32. The van der Waals surface area contributed by atoms with E-state index < -0.39 is 41.1 Å². The zero-order valence-electron chi connectivity index (χ0n) is 25.9. The zero-order valence-corrected chi connectivity index (χ0v) is 25.9. The lowest BCUT2D eigenvalue weighted by molar-refractivity contribution is -0.146. The highest BCUT2D eigenvalue weighted by Gasteiger charge is 2.42. The third kappa shape index (κ3) is 9.11. The van der Waals surface area contributed by atoms with E-state index in [4.69, 9.17) is 11.2 Å². The molecule has 0 aliphatic carbocycles. The molecule has 3 amide bonds.